The molecule has 2 aromatic rings. The molecule has 1 aromatic carbocycles. The SMILES string of the molecule is CCOc1cccnc1NC(C)(CO)c1ccccc1. The number of hydrogen-bond donors (Lipinski definition) is 2. The molecule has 0 aliphatic rings. The Morgan fingerprint density at radius 2 is 1.95 bits per heavy atom. The molecule has 0 saturated heterocycles. The van der Waals surface area contributed by atoms with Crippen molar-refractivity contribution < 1.29 is 9.84 Å². The summed E-state index contributed by atoms with van der Waals surface area (Å²) < 4.78 is 5.56. The van der Waals surface area contributed by atoms with Crippen molar-refractivity contribution >= 4 is 5.82 Å². The van der Waals surface area contributed by atoms with E-state index in [1.165, 1.54) is 0 Å². The molecule has 0 saturated carbocycles. The summed E-state index contributed by atoms with van der Waals surface area (Å²) in [5, 5.41) is 13.1. The second-order valence-corrected chi connectivity index (χ2v) is 4.76. The van der Waals surface area contributed by atoms with Gasteiger partial charge in [-0.1, -0.05) is 30.3 Å². The van der Waals surface area contributed by atoms with Crippen molar-refractivity contribution in [1.82, 2.24) is 4.98 Å². The molecule has 0 bridgehead atoms. The van der Waals surface area contributed by atoms with Gasteiger partial charge in [-0.15, -0.1) is 0 Å². The number of aliphatic hydroxyl groups excluding tert-OH is 1. The first-order valence-electron chi connectivity index (χ1n) is 6.72. The summed E-state index contributed by atoms with van der Waals surface area (Å²) in [5.41, 5.74) is 0.386. The maximum absolute atomic E-state index is 9.79. The Morgan fingerprint density at radius 3 is 2.60 bits per heavy atom. The third-order valence-electron chi connectivity index (χ3n) is 3.19. The van der Waals surface area contributed by atoms with Gasteiger partial charge in [0.25, 0.3) is 0 Å². The van der Waals surface area contributed by atoms with Gasteiger partial charge in [-0.3, -0.25) is 0 Å². The average molecular weight is 272 g/mol. The van der Waals surface area contributed by atoms with E-state index in [2.05, 4.69) is 10.3 Å². The third kappa shape index (κ3) is 3.08. The number of ether oxygens (including phenoxy) is 1. The second kappa shape index (κ2) is 6.39. The van der Waals surface area contributed by atoms with Crippen molar-refractivity contribution in [3.05, 3.63) is 54.2 Å². The van der Waals surface area contributed by atoms with Crippen molar-refractivity contribution in [2.45, 2.75) is 19.4 Å². The number of anilines is 1. The fraction of sp³-hybridized carbons (Fsp3) is 0.312. The predicted octanol–water partition coefficient (Wildman–Crippen LogP) is 2.80. The highest BCUT2D eigenvalue weighted by Crippen LogP contribution is 2.29. The van der Waals surface area contributed by atoms with Crippen LogP contribution in [0.3, 0.4) is 0 Å². The molecule has 4 heteroatoms. The molecule has 0 amide bonds. The van der Waals surface area contributed by atoms with Crippen LogP contribution in [-0.2, 0) is 5.54 Å². The number of rotatable bonds is 6. The first-order valence-corrected chi connectivity index (χ1v) is 6.72. The number of nitrogens with one attached hydrogen (secondary N) is 1. The van der Waals surface area contributed by atoms with Crippen LogP contribution in [-0.4, -0.2) is 23.3 Å². The molecule has 1 atom stereocenters. The molecule has 1 aromatic heterocycles. The van der Waals surface area contributed by atoms with Crippen LogP contribution in [0, 0.1) is 0 Å². The van der Waals surface area contributed by atoms with Crippen molar-refractivity contribution in [3.8, 4) is 5.75 Å². The summed E-state index contributed by atoms with van der Waals surface area (Å²) >= 11 is 0. The smallest absolute Gasteiger partial charge is 0.169 e. The lowest BCUT2D eigenvalue weighted by molar-refractivity contribution is 0.223. The van der Waals surface area contributed by atoms with Gasteiger partial charge in [-0.25, -0.2) is 4.98 Å². The van der Waals surface area contributed by atoms with Gasteiger partial charge in [0, 0.05) is 6.20 Å². The van der Waals surface area contributed by atoms with Gasteiger partial charge in [-0.05, 0) is 31.5 Å². The van der Waals surface area contributed by atoms with Gasteiger partial charge in [0.2, 0.25) is 0 Å². The first-order chi connectivity index (χ1) is 9.69. The molecule has 1 unspecified atom stereocenters. The topological polar surface area (TPSA) is 54.4 Å². The molecular weight excluding hydrogens is 252 g/mol. The van der Waals surface area contributed by atoms with E-state index in [0.717, 1.165) is 5.56 Å². The van der Waals surface area contributed by atoms with Crippen molar-refractivity contribution in [2.75, 3.05) is 18.5 Å². The molecule has 0 radical (unpaired) electrons. The van der Waals surface area contributed by atoms with Gasteiger partial charge >= 0.3 is 0 Å². The standard InChI is InChI=1S/C16H20N2O2/c1-3-20-14-10-7-11-17-15(14)18-16(2,12-19)13-8-5-4-6-9-13/h4-11,19H,3,12H2,1-2H3,(H,17,18). The van der Waals surface area contributed by atoms with E-state index in [-0.39, 0.29) is 6.61 Å². The van der Waals surface area contributed by atoms with Crippen molar-refractivity contribution in [1.29, 1.82) is 0 Å². The van der Waals surface area contributed by atoms with E-state index in [4.69, 9.17) is 4.74 Å². The minimum atomic E-state index is -0.610. The fourth-order valence-corrected chi connectivity index (χ4v) is 2.03. The highest BCUT2D eigenvalue weighted by atomic mass is 16.5. The minimum absolute atomic E-state index is 0.0425. The number of pyridine rings is 1. The Balaban J connectivity index is 2.31. The molecular formula is C16H20N2O2. The zero-order valence-corrected chi connectivity index (χ0v) is 11.8. The Bertz CT molecular complexity index is 545. The zero-order valence-electron chi connectivity index (χ0n) is 11.8. The van der Waals surface area contributed by atoms with Gasteiger partial charge < -0.3 is 15.2 Å². The summed E-state index contributed by atoms with van der Waals surface area (Å²) in [6.45, 7) is 4.40. The van der Waals surface area contributed by atoms with Crippen LogP contribution in [0.15, 0.2) is 48.7 Å². The average Bonchev–Trinajstić information content (AvgIpc) is 2.50. The number of aliphatic hydroxyl groups is 1. The van der Waals surface area contributed by atoms with E-state index < -0.39 is 5.54 Å². The first kappa shape index (κ1) is 14.3. The number of hydrogen-bond acceptors (Lipinski definition) is 4. The van der Waals surface area contributed by atoms with Gasteiger partial charge in [0.15, 0.2) is 11.6 Å². The Kier molecular flexibility index (Phi) is 4.58. The normalized spacial score (nSPS) is 13.6. The lowest BCUT2D eigenvalue weighted by Crippen LogP contribution is -2.36. The van der Waals surface area contributed by atoms with Crippen molar-refractivity contribution in [2.24, 2.45) is 0 Å². The van der Waals surface area contributed by atoms with E-state index >= 15 is 0 Å². The fourth-order valence-electron chi connectivity index (χ4n) is 2.03. The predicted molar refractivity (Wildman–Crippen MR) is 79.9 cm³/mol. The van der Waals surface area contributed by atoms with Crippen LogP contribution in [0.1, 0.15) is 19.4 Å². The maximum Gasteiger partial charge on any atom is 0.169 e. The summed E-state index contributed by atoms with van der Waals surface area (Å²) in [5.74, 6) is 1.32. The van der Waals surface area contributed by atoms with E-state index in [1.54, 1.807) is 6.20 Å². The summed E-state index contributed by atoms with van der Waals surface area (Å²) in [6, 6.07) is 13.5. The Morgan fingerprint density at radius 1 is 1.20 bits per heavy atom. The lowest BCUT2D eigenvalue weighted by Gasteiger charge is -2.30. The maximum atomic E-state index is 9.79. The number of aromatic nitrogens is 1. The van der Waals surface area contributed by atoms with Gasteiger partial charge in [0.05, 0.1) is 18.8 Å². The number of nitrogens with zero attached hydrogens (tertiary/aromatic N) is 1. The molecule has 4 nitrogen and oxygen atoms in total. The van der Waals surface area contributed by atoms with Crippen LogP contribution in [0.5, 0.6) is 5.75 Å². The van der Waals surface area contributed by atoms with Gasteiger partial charge in [0.1, 0.15) is 0 Å². The van der Waals surface area contributed by atoms with Crippen LogP contribution in [0.25, 0.3) is 0 Å². The molecule has 0 aliphatic heterocycles. The third-order valence-corrected chi connectivity index (χ3v) is 3.19. The quantitative estimate of drug-likeness (QED) is 0.849. The molecule has 0 spiro atoms. The lowest BCUT2D eigenvalue weighted by atomic mass is 9.93. The monoisotopic (exact) mass is 272 g/mol. The van der Waals surface area contributed by atoms with Gasteiger partial charge in [-0.2, -0.15) is 0 Å². The molecule has 2 N–H and O–H groups in total. The van der Waals surface area contributed by atoms with E-state index in [0.29, 0.717) is 18.2 Å². The molecule has 106 valence electrons. The van der Waals surface area contributed by atoms with Crippen LogP contribution in [0.4, 0.5) is 5.82 Å². The largest absolute Gasteiger partial charge is 0.490 e. The summed E-state index contributed by atoms with van der Waals surface area (Å²) in [6.07, 6.45) is 1.70. The van der Waals surface area contributed by atoms with E-state index in [9.17, 15) is 5.11 Å². The van der Waals surface area contributed by atoms with Crippen LogP contribution >= 0.6 is 0 Å². The zero-order chi connectivity index (χ0) is 14.4. The second-order valence-electron chi connectivity index (χ2n) is 4.76. The van der Waals surface area contributed by atoms with Crippen LogP contribution in [0.2, 0.25) is 0 Å². The molecule has 0 aliphatic carbocycles. The van der Waals surface area contributed by atoms with Crippen LogP contribution < -0.4 is 10.1 Å². The molecule has 2 rings (SSSR count). The Hall–Kier alpha value is -2.07. The summed E-state index contributed by atoms with van der Waals surface area (Å²) in [4.78, 5) is 4.31. The molecule has 1 heterocycles. The highest BCUT2D eigenvalue weighted by Gasteiger charge is 2.27. The number of benzene rings is 1. The highest BCUT2D eigenvalue weighted by molar-refractivity contribution is 5.52. The molecule has 0 fully saturated rings. The van der Waals surface area contributed by atoms with Crippen molar-refractivity contribution in [3.63, 3.8) is 0 Å². The minimum Gasteiger partial charge on any atom is -0.490 e. The summed E-state index contributed by atoms with van der Waals surface area (Å²) in [7, 11) is 0. The van der Waals surface area contributed by atoms with E-state index in [1.807, 2.05) is 56.3 Å². The molecule has 20 heavy (non-hydrogen) atoms. The Labute approximate surface area is 119 Å².